The highest BCUT2D eigenvalue weighted by Gasteiger charge is 2.31. The minimum Gasteiger partial charge on any atom is -0.480 e. The molecule has 0 radical (unpaired) electrons. The molecule has 0 aromatic carbocycles. The Balaban J connectivity index is 4.20. The van der Waals surface area contributed by atoms with Crippen molar-refractivity contribution in [2.45, 2.75) is 46.2 Å². The molecule has 3 N–H and O–H groups in total. The number of aliphatic carboxylic acids is 1. The van der Waals surface area contributed by atoms with Crippen molar-refractivity contribution in [1.82, 2.24) is 4.90 Å². The van der Waals surface area contributed by atoms with Gasteiger partial charge in [0.2, 0.25) is 0 Å². The smallest absolute Gasteiger partial charge is 0.321 e. The molecule has 0 aliphatic heterocycles. The van der Waals surface area contributed by atoms with Crippen molar-refractivity contribution in [3.63, 3.8) is 0 Å². The number of carbonyl (C=O) groups is 1. The van der Waals surface area contributed by atoms with Crippen LogP contribution in [0.2, 0.25) is 0 Å². The molecule has 1 unspecified atom stereocenters. The standard InChI is InChI=1S/C11H24N2O2/c1-8(2)13(5)7-6-11(3,4)9(12)10(14)15/h8-9H,6-7,12H2,1-5H3,(H,14,15). The third-order valence-electron chi connectivity index (χ3n) is 3.10. The van der Waals surface area contributed by atoms with E-state index < -0.39 is 12.0 Å². The lowest BCUT2D eigenvalue weighted by molar-refractivity contribution is -0.141. The largest absolute Gasteiger partial charge is 0.480 e. The summed E-state index contributed by atoms with van der Waals surface area (Å²) < 4.78 is 0. The Hall–Kier alpha value is -0.610. The van der Waals surface area contributed by atoms with Crippen molar-refractivity contribution in [3.8, 4) is 0 Å². The van der Waals surface area contributed by atoms with E-state index in [4.69, 9.17) is 10.8 Å². The van der Waals surface area contributed by atoms with Crippen molar-refractivity contribution in [2.24, 2.45) is 11.1 Å². The van der Waals surface area contributed by atoms with Gasteiger partial charge in [0.15, 0.2) is 0 Å². The Morgan fingerprint density at radius 1 is 1.47 bits per heavy atom. The maximum Gasteiger partial charge on any atom is 0.321 e. The van der Waals surface area contributed by atoms with Crippen molar-refractivity contribution in [2.75, 3.05) is 13.6 Å². The van der Waals surface area contributed by atoms with Crippen LogP contribution < -0.4 is 5.73 Å². The first kappa shape index (κ1) is 14.4. The molecule has 0 aromatic rings. The van der Waals surface area contributed by atoms with E-state index in [1.807, 2.05) is 20.9 Å². The van der Waals surface area contributed by atoms with Gasteiger partial charge in [0.25, 0.3) is 0 Å². The molecular formula is C11H24N2O2. The zero-order valence-corrected chi connectivity index (χ0v) is 10.4. The van der Waals surface area contributed by atoms with Gasteiger partial charge in [-0.1, -0.05) is 13.8 Å². The predicted molar refractivity (Wildman–Crippen MR) is 61.8 cm³/mol. The predicted octanol–water partition coefficient (Wildman–Crippen LogP) is 1.15. The molecule has 0 heterocycles. The third kappa shape index (κ3) is 4.62. The van der Waals surface area contributed by atoms with Crippen LogP contribution in [0, 0.1) is 5.41 Å². The van der Waals surface area contributed by atoms with Crippen LogP contribution in [-0.2, 0) is 4.79 Å². The summed E-state index contributed by atoms with van der Waals surface area (Å²) in [6, 6.07) is -0.320. The van der Waals surface area contributed by atoms with Gasteiger partial charge in [0, 0.05) is 6.04 Å². The van der Waals surface area contributed by atoms with Gasteiger partial charge in [-0.3, -0.25) is 4.79 Å². The molecule has 4 nitrogen and oxygen atoms in total. The van der Waals surface area contributed by atoms with Gasteiger partial charge in [-0.25, -0.2) is 0 Å². The van der Waals surface area contributed by atoms with Crippen molar-refractivity contribution >= 4 is 5.97 Å². The van der Waals surface area contributed by atoms with E-state index >= 15 is 0 Å². The third-order valence-corrected chi connectivity index (χ3v) is 3.10. The first-order valence-corrected chi connectivity index (χ1v) is 5.37. The van der Waals surface area contributed by atoms with E-state index in [1.165, 1.54) is 0 Å². The van der Waals surface area contributed by atoms with Crippen molar-refractivity contribution < 1.29 is 9.90 Å². The van der Waals surface area contributed by atoms with E-state index in [2.05, 4.69) is 18.7 Å². The second-order valence-corrected chi connectivity index (χ2v) is 5.13. The second-order valence-electron chi connectivity index (χ2n) is 5.13. The van der Waals surface area contributed by atoms with Crippen LogP contribution in [0.15, 0.2) is 0 Å². The van der Waals surface area contributed by atoms with Gasteiger partial charge < -0.3 is 15.7 Å². The van der Waals surface area contributed by atoms with Crippen LogP contribution in [0.4, 0.5) is 0 Å². The summed E-state index contributed by atoms with van der Waals surface area (Å²) in [6.45, 7) is 8.90. The summed E-state index contributed by atoms with van der Waals surface area (Å²) in [5, 5.41) is 8.85. The fourth-order valence-corrected chi connectivity index (χ4v) is 1.21. The fourth-order valence-electron chi connectivity index (χ4n) is 1.21. The average Bonchev–Trinajstić information content (AvgIpc) is 2.12. The molecular weight excluding hydrogens is 192 g/mol. The molecule has 0 aliphatic carbocycles. The Morgan fingerprint density at radius 2 is 1.93 bits per heavy atom. The van der Waals surface area contributed by atoms with E-state index in [1.54, 1.807) is 0 Å². The fraction of sp³-hybridized carbons (Fsp3) is 0.909. The number of rotatable bonds is 6. The molecule has 0 fully saturated rings. The molecule has 0 rings (SSSR count). The van der Waals surface area contributed by atoms with E-state index in [0.29, 0.717) is 6.04 Å². The summed E-state index contributed by atoms with van der Waals surface area (Å²) >= 11 is 0. The van der Waals surface area contributed by atoms with Crippen LogP contribution in [0.1, 0.15) is 34.1 Å². The molecule has 15 heavy (non-hydrogen) atoms. The molecule has 0 saturated carbocycles. The number of hydrogen-bond acceptors (Lipinski definition) is 3. The Labute approximate surface area is 92.4 Å². The van der Waals surface area contributed by atoms with Crippen LogP contribution >= 0.6 is 0 Å². The Kier molecular flexibility index (Phi) is 5.24. The average molecular weight is 216 g/mol. The minimum absolute atomic E-state index is 0.366. The lowest BCUT2D eigenvalue weighted by Crippen LogP contribution is -2.45. The molecule has 4 heteroatoms. The summed E-state index contributed by atoms with van der Waals surface area (Å²) in [7, 11) is 2.03. The zero-order valence-electron chi connectivity index (χ0n) is 10.4. The number of carboxylic acids is 1. The van der Waals surface area contributed by atoms with Gasteiger partial charge in [-0.15, -0.1) is 0 Å². The summed E-state index contributed by atoms with van der Waals surface area (Å²) in [5.74, 6) is -0.924. The number of hydrogen-bond donors (Lipinski definition) is 2. The molecule has 0 amide bonds. The van der Waals surface area contributed by atoms with Crippen LogP contribution in [0.5, 0.6) is 0 Å². The molecule has 1 atom stereocenters. The minimum atomic E-state index is -0.924. The zero-order chi connectivity index (χ0) is 12.2. The van der Waals surface area contributed by atoms with Gasteiger partial charge in [0.1, 0.15) is 6.04 Å². The topological polar surface area (TPSA) is 66.6 Å². The molecule has 90 valence electrons. The summed E-state index contributed by atoms with van der Waals surface area (Å²) in [4.78, 5) is 13.0. The highest BCUT2D eigenvalue weighted by Crippen LogP contribution is 2.24. The molecule has 0 saturated heterocycles. The van der Waals surface area contributed by atoms with Crippen molar-refractivity contribution in [1.29, 1.82) is 0 Å². The second kappa shape index (κ2) is 5.47. The number of nitrogens with zero attached hydrogens (tertiary/aromatic N) is 1. The molecule has 0 spiro atoms. The highest BCUT2D eigenvalue weighted by molar-refractivity contribution is 5.74. The Bertz CT molecular complexity index is 215. The number of nitrogens with two attached hydrogens (primary N) is 1. The maximum absolute atomic E-state index is 10.8. The molecule has 0 aromatic heterocycles. The molecule has 0 aliphatic rings. The Morgan fingerprint density at radius 3 is 2.27 bits per heavy atom. The first-order valence-electron chi connectivity index (χ1n) is 5.37. The van der Waals surface area contributed by atoms with E-state index in [9.17, 15) is 4.79 Å². The summed E-state index contributed by atoms with van der Waals surface area (Å²) in [5.41, 5.74) is 5.27. The van der Waals surface area contributed by atoms with Crippen molar-refractivity contribution in [3.05, 3.63) is 0 Å². The van der Waals surface area contributed by atoms with Gasteiger partial charge >= 0.3 is 5.97 Å². The highest BCUT2D eigenvalue weighted by atomic mass is 16.4. The van der Waals surface area contributed by atoms with Crippen LogP contribution in [0.25, 0.3) is 0 Å². The lowest BCUT2D eigenvalue weighted by atomic mass is 9.81. The maximum atomic E-state index is 10.8. The van der Waals surface area contributed by atoms with Gasteiger partial charge in [-0.2, -0.15) is 0 Å². The van der Waals surface area contributed by atoms with Crippen LogP contribution in [-0.4, -0.2) is 41.7 Å². The summed E-state index contributed by atoms with van der Waals surface area (Å²) in [6.07, 6.45) is 0.787. The van der Waals surface area contributed by atoms with E-state index in [-0.39, 0.29) is 5.41 Å². The number of carboxylic acid groups (broad SMARTS) is 1. The van der Waals surface area contributed by atoms with E-state index in [0.717, 1.165) is 13.0 Å². The normalized spacial score (nSPS) is 14.7. The monoisotopic (exact) mass is 216 g/mol. The molecule has 0 bridgehead atoms. The lowest BCUT2D eigenvalue weighted by Gasteiger charge is -2.31. The van der Waals surface area contributed by atoms with Gasteiger partial charge in [0.05, 0.1) is 0 Å². The van der Waals surface area contributed by atoms with Crippen LogP contribution in [0.3, 0.4) is 0 Å². The van der Waals surface area contributed by atoms with Gasteiger partial charge in [-0.05, 0) is 39.3 Å². The quantitative estimate of drug-likeness (QED) is 0.699. The first-order chi connectivity index (χ1) is 6.68. The SMILES string of the molecule is CC(C)N(C)CCC(C)(C)C(N)C(=O)O.